The van der Waals surface area contributed by atoms with E-state index in [2.05, 4.69) is 40.3 Å². The maximum absolute atomic E-state index is 10.5. The van der Waals surface area contributed by atoms with Gasteiger partial charge in [-0.15, -0.1) is 0 Å². The molecule has 3 unspecified atom stereocenters. The molecule has 0 radical (unpaired) electrons. The third kappa shape index (κ3) is 3.57. The fraction of sp³-hybridized carbons (Fsp3) is 0.600. The molecule has 0 aromatic heterocycles. The van der Waals surface area contributed by atoms with Crippen LogP contribution in [0.1, 0.15) is 38.3 Å². The summed E-state index contributed by atoms with van der Waals surface area (Å²) in [5, 5.41) is 14.0. The van der Waals surface area contributed by atoms with Crippen LogP contribution in [0.5, 0.6) is 0 Å². The highest BCUT2D eigenvalue weighted by Gasteiger charge is 2.39. The Bertz CT molecular complexity index is 426. The number of hydrogen-bond donors (Lipinski definition) is 2. The van der Waals surface area contributed by atoms with Crippen LogP contribution >= 0.6 is 15.9 Å². The predicted octanol–water partition coefficient (Wildman–Crippen LogP) is 3.03. The van der Waals surface area contributed by atoms with Crippen LogP contribution in [-0.2, 0) is 4.74 Å². The van der Waals surface area contributed by atoms with Crippen molar-refractivity contribution < 1.29 is 9.84 Å². The van der Waals surface area contributed by atoms with Gasteiger partial charge in [-0.2, -0.15) is 0 Å². The molecular weight excluding hydrogens is 306 g/mol. The van der Waals surface area contributed by atoms with E-state index in [0.717, 1.165) is 10.9 Å². The third-order valence-electron chi connectivity index (χ3n) is 3.97. The smallest absolute Gasteiger partial charge is 0.105 e. The average Bonchev–Trinajstić information content (AvgIpc) is 2.71. The first kappa shape index (κ1) is 15.0. The lowest BCUT2D eigenvalue weighted by molar-refractivity contribution is -0.0277. The zero-order valence-electron chi connectivity index (χ0n) is 11.5. The summed E-state index contributed by atoms with van der Waals surface area (Å²) in [6.45, 7) is 5.30. The Kier molecular flexibility index (Phi) is 5.01. The van der Waals surface area contributed by atoms with Crippen molar-refractivity contribution in [3.8, 4) is 0 Å². The largest absolute Gasteiger partial charge is 0.386 e. The highest BCUT2D eigenvalue weighted by atomic mass is 79.9. The molecule has 2 rings (SSSR count). The summed E-state index contributed by atoms with van der Waals surface area (Å²) in [4.78, 5) is 0. The maximum atomic E-state index is 10.5. The molecule has 1 heterocycles. The minimum atomic E-state index is -0.737. The van der Waals surface area contributed by atoms with E-state index in [9.17, 15) is 5.11 Å². The number of rotatable bonds is 5. The minimum absolute atomic E-state index is 0.0972. The lowest BCUT2D eigenvalue weighted by Crippen LogP contribution is -2.46. The van der Waals surface area contributed by atoms with Gasteiger partial charge in [-0.3, -0.25) is 0 Å². The number of ether oxygens (including phenoxy) is 1. The van der Waals surface area contributed by atoms with Gasteiger partial charge in [0.1, 0.15) is 5.60 Å². The van der Waals surface area contributed by atoms with E-state index < -0.39 is 5.60 Å². The quantitative estimate of drug-likeness (QED) is 0.873. The van der Waals surface area contributed by atoms with Crippen LogP contribution in [0.15, 0.2) is 28.7 Å². The highest BCUT2D eigenvalue weighted by molar-refractivity contribution is 9.10. The lowest BCUT2D eigenvalue weighted by atomic mass is 9.95. The second kappa shape index (κ2) is 6.35. The van der Waals surface area contributed by atoms with Gasteiger partial charge in [0.15, 0.2) is 0 Å². The summed E-state index contributed by atoms with van der Waals surface area (Å²) in [5.74, 6) is 0. The zero-order chi connectivity index (χ0) is 13.9. The molecule has 1 aromatic carbocycles. The standard InChI is InChI=1S/C15H22BrNO2/c1-3-14(12-5-4-6-13(16)9-12)17-10-15(18)7-8-19-11(15)2/h4-6,9,11,14,17-18H,3,7-8,10H2,1-2H3. The Labute approximate surface area is 123 Å². The summed E-state index contributed by atoms with van der Waals surface area (Å²) < 4.78 is 6.55. The van der Waals surface area contributed by atoms with Gasteiger partial charge in [0, 0.05) is 30.1 Å². The average molecular weight is 328 g/mol. The monoisotopic (exact) mass is 327 g/mol. The second-order valence-electron chi connectivity index (χ2n) is 5.26. The molecule has 4 heteroatoms. The van der Waals surface area contributed by atoms with Crippen molar-refractivity contribution >= 4 is 15.9 Å². The normalized spacial score (nSPS) is 28.5. The lowest BCUT2D eigenvalue weighted by Gasteiger charge is -2.29. The minimum Gasteiger partial charge on any atom is -0.386 e. The summed E-state index contributed by atoms with van der Waals surface area (Å²) in [7, 11) is 0. The molecule has 1 fully saturated rings. The number of nitrogens with one attached hydrogen (secondary N) is 1. The van der Waals surface area contributed by atoms with E-state index in [0.29, 0.717) is 19.6 Å². The molecule has 0 aliphatic carbocycles. The fourth-order valence-corrected chi connectivity index (χ4v) is 2.94. The van der Waals surface area contributed by atoms with Gasteiger partial charge in [0.05, 0.1) is 6.10 Å². The zero-order valence-corrected chi connectivity index (χ0v) is 13.1. The topological polar surface area (TPSA) is 41.5 Å². The van der Waals surface area contributed by atoms with Crippen LogP contribution in [0.25, 0.3) is 0 Å². The molecule has 0 bridgehead atoms. The molecule has 0 amide bonds. The van der Waals surface area contributed by atoms with Crippen LogP contribution in [0.4, 0.5) is 0 Å². The molecule has 1 aliphatic heterocycles. The van der Waals surface area contributed by atoms with Gasteiger partial charge in [-0.05, 0) is 31.0 Å². The summed E-state index contributed by atoms with van der Waals surface area (Å²) in [5.41, 5.74) is 0.506. The molecule has 3 nitrogen and oxygen atoms in total. The van der Waals surface area contributed by atoms with E-state index in [1.54, 1.807) is 0 Å². The first-order valence-electron chi connectivity index (χ1n) is 6.88. The van der Waals surface area contributed by atoms with Crippen LogP contribution in [0.2, 0.25) is 0 Å². The van der Waals surface area contributed by atoms with E-state index in [4.69, 9.17) is 4.74 Å². The highest BCUT2D eigenvalue weighted by Crippen LogP contribution is 2.27. The van der Waals surface area contributed by atoms with Gasteiger partial charge in [-0.25, -0.2) is 0 Å². The van der Waals surface area contributed by atoms with Gasteiger partial charge in [0.2, 0.25) is 0 Å². The molecule has 1 aromatic rings. The van der Waals surface area contributed by atoms with Gasteiger partial charge in [-0.1, -0.05) is 35.0 Å². The van der Waals surface area contributed by atoms with Gasteiger partial charge < -0.3 is 15.2 Å². The van der Waals surface area contributed by atoms with Gasteiger partial charge in [0.25, 0.3) is 0 Å². The third-order valence-corrected chi connectivity index (χ3v) is 4.47. The van der Waals surface area contributed by atoms with E-state index in [1.165, 1.54) is 5.56 Å². The van der Waals surface area contributed by atoms with Crippen molar-refractivity contribution in [3.63, 3.8) is 0 Å². The Morgan fingerprint density at radius 2 is 2.37 bits per heavy atom. The Morgan fingerprint density at radius 3 is 2.95 bits per heavy atom. The first-order valence-corrected chi connectivity index (χ1v) is 7.67. The van der Waals surface area contributed by atoms with Crippen LogP contribution in [-0.4, -0.2) is 30.0 Å². The molecular formula is C15H22BrNO2. The molecule has 0 spiro atoms. The SMILES string of the molecule is CCC(NCC1(O)CCOC1C)c1cccc(Br)c1. The summed E-state index contributed by atoms with van der Waals surface area (Å²) >= 11 is 3.50. The van der Waals surface area contributed by atoms with Gasteiger partial charge >= 0.3 is 0 Å². The predicted molar refractivity (Wildman–Crippen MR) is 80.2 cm³/mol. The van der Waals surface area contributed by atoms with Crippen molar-refractivity contribution in [2.45, 2.75) is 44.4 Å². The van der Waals surface area contributed by atoms with Crippen molar-refractivity contribution in [1.29, 1.82) is 0 Å². The van der Waals surface area contributed by atoms with Crippen LogP contribution in [0.3, 0.4) is 0 Å². The van der Waals surface area contributed by atoms with E-state index in [1.807, 2.05) is 19.1 Å². The summed E-state index contributed by atoms with van der Waals surface area (Å²) in [6, 6.07) is 8.56. The number of hydrogen-bond acceptors (Lipinski definition) is 3. The summed E-state index contributed by atoms with van der Waals surface area (Å²) in [6.07, 6.45) is 1.60. The maximum Gasteiger partial charge on any atom is 0.105 e. The molecule has 19 heavy (non-hydrogen) atoms. The Morgan fingerprint density at radius 1 is 1.58 bits per heavy atom. The van der Waals surface area contributed by atoms with E-state index in [-0.39, 0.29) is 12.1 Å². The molecule has 2 N–H and O–H groups in total. The van der Waals surface area contributed by atoms with Crippen molar-refractivity contribution in [1.82, 2.24) is 5.32 Å². The fourth-order valence-electron chi connectivity index (χ4n) is 2.52. The van der Waals surface area contributed by atoms with E-state index >= 15 is 0 Å². The molecule has 0 saturated carbocycles. The number of halogens is 1. The number of aliphatic hydroxyl groups is 1. The molecule has 106 valence electrons. The number of benzene rings is 1. The molecule has 3 atom stereocenters. The molecule has 1 saturated heterocycles. The van der Waals surface area contributed by atoms with Crippen molar-refractivity contribution in [3.05, 3.63) is 34.3 Å². The van der Waals surface area contributed by atoms with Crippen molar-refractivity contribution in [2.75, 3.05) is 13.2 Å². The van der Waals surface area contributed by atoms with Crippen LogP contribution < -0.4 is 5.32 Å². The Balaban J connectivity index is 2.00. The Hall–Kier alpha value is -0.420. The van der Waals surface area contributed by atoms with Crippen LogP contribution in [0, 0.1) is 0 Å². The second-order valence-corrected chi connectivity index (χ2v) is 6.18. The van der Waals surface area contributed by atoms with Crippen molar-refractivity contribution in [2.24, 2.45) is 0 Å². The first-order chi connectivity index (χ1) is 9.05. The molecule has 1 aliphatic rings.